The molecule has 1 spiro atoms. The van der Waals surface area contributed by atoms with Crippen LogP contribution >= 0.6 is 0 Å². The van der Waals surface area contributed by atoms with Crippen LogP contribution < -0.4 is 0 Å². The van der Waals surface area contributed by atoms with Crippen LogP contribution in [0.25, 0.3) is 5.57 Å². The summed E-state index contributed by atoms with van der Waals surface area (Å²) >= 11 is 0. The van der Waals surface area contributed by atoms with E-state index in [9.17, 15) is 13.9 Å². The Labute approximate surface area is 152 Å². The third-order valence-electron chi connectivity index (χ3n) is 5.75. The summed E-state index contributed by atoms with van der Waals surface area (Å²) in [5.41, 5.74) is 2.80. The van der Waals surface area contributed by atoms with Gasteiger partial charge in [-0.1, -0.05) is 23.8 Å². The Kier molecular flexibility index (Phi) is 4.41. The molecule has 2 aromatic carbocycles. The maximum atomic E-state index is 14.3. The summed E-state index contributed by atoms with van der Waals surface area (Å²) in [4.78, 5) is 0. The highest BCUT2D eigenvalue weighted by molar-refractivity contribution is 5.71. The van der Waals surface area contributed by atoms with Gasteiger partial charge in [-0.2, -0.15) is 0 Å². The SMILES string of the molecule is Cc1ccc(F)c(C2=C[C@@]3(CCC(CO)C3c3ccc(F)cc3)OC2)c1. The van der Waals surface area contributed by atoms with Crippen molar-refractivity contribution in [3.05, 3.63) is 76.9 Å². The van der Waals surface area contributed by atoms with E-state index >= 15 is 0 Å². The molecule has 136 valence electrons. The van der Waals surface area contributed by atoms with Crippen molar-refractivity contribution in [2.75, 3.05) is 13.2 Å². The number of benzene rings is 2. The van der Waals surface area contributed by atoms with Crippen LogP contribution in [0.2, 0.25) is 0 Å². The largest absolute Gasteiger partial charge is 0.396 e. The molecule has 0 radical (unpaired) electrons. The van der Waals surface area contributed by atoms with Gasteiger partial charge in [0.25, 0.3) is 0 Å². The minimum Gasteiger partial charge on any atom is -0.396 e. The third kappa shape index (κ3) is 2.87. The molecular weight excluding hydrogens is 334 g/mol. The van der Waals surface area contributed by atoms with E-state index in [1.54, 1.807) is 18.2 Å². The zero-order chi connectivity index (χ0) is 18.3. The first-order chi connectivity index (χ1) is 12.5. The second-order valence-electron chi connectivity index (χ2n) is 7.41. The average Bonchev–Trinajstić information content (AvgIpc) is 3.22. The van der Waals surface area contributed by atoms with Crippen LogP contribution in [-0.2, 0) is 4.74 Å². The van der Waals surface area contributed by atoms with Crippen LogP contribution in [0.3, 0.4) is 0 Å². The predicted molar refractivity (Wildman–Crippen MR) is 96.7 cm³/mol. The van der Waals surface area contributed by atoms with Crippen molar-refractivity contribution in [1.29, 1.82) is 0 Å². The van der Waals surface area contributed by atoms with Gasteiger partial charge >= 0.3 is 0 Å². The van der Waals surface area contributed by atoms with Gasteiger partial charge in [-0.3, -0.25) is 0 Å². The Morgan fingerprint density at radius 3 is 2.65 bits per heavy atom. The molecule has 0 bridgehead atoms. The van der Waals surface area contributed by atoms with Crippen molar-refractivity contribution in [3.8, 4) is 0 Å². The summed E-state index contributed by atoms with van der Waals surface area (Å²) in [6.07, 6.45) is 3.62. The molecule has 2 nitrogen and oxygen atoms in total. The smallest absolute Gasteiger partial charge is 0.130 e. The highest BCUT2D eigenvalue weighted by atomic mass is 19.1. The van der Waals surface area contributed by atoms with Gasteiger partial charge in [0, 0.05) is 18.1 Å². The quantitative estimate of drug-likeness (QED) is 0.870. The number of aryl methyl sites for hydroxylation is 1. The summed E-state index contributed by atoms with van der Waals surface area (Å²) in [5.74, 6) is -0.568. The fourth-order valence-electron chi connectivity index (χ4n) is 4.51. The van der Waals surface area contributed by atoms with Crippen LogP contribution in [0.1, 0.15) is 35.4 Å². The van der Waals surface area contributed by atoms with Crippen molar-refractivity contribution < 1.29 is 18.6 Å². The van der Waals surface area contributed by atoms with E-state index in [2.05, 4.69) is 0 Å². The van der Waals surface area contributed by atoms with Crippen LogP contribution in [0.15, 0.2) is 48.5 Å². The minimum absolute atomic E-state index is 0.0402. The fourth-order valence-corrected chi connectivity index (χ4v) is 4.51. The summed E-state index contributed by atoms with van der Waals surface area (Å²) in [5, 5.41) is 9.85. The van der Waals surface area contributed by atoms with Crippen LogP contribution in [0.4, 0.5) is 8.78 Å². The van der Waals surface area contributed by atoms with Gasteiger partial charge < -0.3 is 9.84 Å². The number of halogens is 2. The first kappa shape index (κ1) is 17.4. The van der Waals surface area contributed by atoms with Gasteiger partial charge in [0.2, 0.25) is 0 Å². The number of hydrogen-bond acceptors (Lipinski definition) is 2. The lowest BCUT2D eigenvalue weighted by Gasteiger charge is -2.32. The normalized spacial score (nSPS) is 27.9. The van der Waals surface area contributed by atoms with Crippen LogP contribution in [0.5, 0.6) is 0 Å². The molecule has 2 unspecified atom stereocenters. The van der Waals surface area contributed by atoms with E-state index < -0.39 is 5.60 Å². The molecule has 1 heterocycles. The number of aliphatic hydroxyl groups is 1. The lowest BCUT2D eigenvalue weighted by Crippen LogP contribution is -2.33. The van der Waals surface area contributed by atoms with E-state index in [4.69, 9.17) is 4.74 Å². The minimum atomic E-state index is -0.573. The molecule has 1 aliphatic heterocycles. The second kappa shape index (κ2) is 6.60. The molecule has 0 aromatic heterocycles. The summed E-state index contributed by atoms with van der Waals surface area (Å²) in [6.45, 7) is 2.33. The Bertz CT molecular complexity index is 844. The van der Waals surface area contributed by atoms with Crippen LogP contribution in [0, 0.1) is 24.5 Å². The first-order valence-corrected chi connectivity index (χ1v) is 9.01. The van der Waals surface area contributed by atoms with Gasteiger partial charge in [0.1, 0.15) is 11.6 Å². The summed E-state index contributed by atoms with van der Waals surface area (Å²) in [6, 6.07) is 11.5. The van der Waals surface area contributed by atoms with Crippen molar-refractivity contribution in [1.82, 2.24) is 0 Å². The van der Waals surface area contributed by atoms with E-state index in [0.29, 0.717) is 12.2 Å². The Morgan fingerprint density at radius 1 is 1.15 bits per heavy atom. The molecule has 0 saturated heterocycles. The Morgan fingerprint density at radius 2 is 1.92 bits per heavy atom. The second-order valence-corrected chi connectivity index (χ2v) is 7.41. The predicted octanol–water partition coefficient (Wildman–Crippen LogP) is 4.61. The molecule has 26 heavy (non-hydrogen) atoms. The lowest BCUT2D eigenvalue weighted by molar-refractivity contribution is 0.0106. The molecule has 1 saturated carbocycles. The van der Waals surface area contributed by atoms with Crippen molar-refractivity contribution in [2.24, 2.45) is 5.92 Å². The van der Waals surface area contributed by atoms with E-state index in [1.807, 2.05) is 19.1 Å². The monoisotopic (exact) mass is 356 g/mol. The molecule has 1 N–H and O–H groups in total. The molecule has 0 amide bonds. The highest BCUT2D eigenvalue weighted by Gasteiger charge is 2.51. The highest BCUT2D eigenvalue weighted by Crippen LogP contribution is 2.53. The molecule has 2 aliphatic rings. The van der Waals surface area contributed by atoms with E-state index in [0.717, 1.165) is 29.5 Å². The molecular formula is C22H22F2O2. The zero-order valence-electron chi connectivity index (χ0n) is 14.7. The molecule has 1 fully saturated rings. The number of rotatable bonds is 3. The maximum absolute atomic E-state index is 14.3. The molecule has 3 atom stereocenters. The molecule has 4 rings (SSSR count). The third-order valence-corrected chi connectivity index (χ3v) is 5.75. The fraction of sp³-hybridized carbons (Fsp3) is 0.364. The van der Waals surface area contributed by atoms with Crippen LogP contribution in [-0.4, -0.2) is 23.9 Å². The first-order valence-electron chi connectivity index (χ1n) is 9.01. The molecule has 4 heteroatoms. The average molecular weight is 356 g/mol. The van der Waals surface area contributed by atoms with Gasteiger partial charge in [0.05, 0.1) is 12.2 Å². The van der Waals surface area contributed by atoms with Crippen molar-refractivity contribution >= 4 is 5.57 Å². The molecule has 2 aromatic rings. The van der Waals surface area contributed by atoms with Gasteiger partial charge in [-0.25, -0.2) is 8.78 Å². The van der Waals surface area contributed by atoms with Gasteiger partial charge in [-0.15, -0.1) is 0 Å². The van der Waals surface area contributed by atoms with Crippen molar-refractivity contribution in [3.63, 3.8) is 0 Å². The number of hydrogen-bond donors (Lipinski definition) is 1. The topological polar surface area (TPSA) is 29.5 Å². The lowest BCUT2D eigenvalue weighted by atomic mass is 9.80. The zero-order valence-corrected chi connectivity index (χ0v) is 14.7. The van der Waals surface area contributed by atoms with Gasteiger partial charge in [0.15, 0.2) is 0 Å². The summed E-state index contributed by atoms with van der Waals surface area (Å²) in [7, 11) is 0. The van der Waals surface area contributed by atoms with Crippen molar-refractivity contribution in [2.45, 2.75) is 31.3 Å². The number of aliphatic hydroxyl groups excluding tert-OH is 1. The number of ether oxygens (including phenoxy) is 1. The Balaban J connectivity index is 1.75. The maximum Gasteiger partial charge on any atom is 0.130 e. The molecule has 1 aliphatic carbocycles. The standard InChI is InChI=1S/C22H22F2O2/c1-14-2-7-20(24)19(10-14)17-11-22(26-13-17)9-8-16(12-25)21(22)15-3-5-18(23)6-4-15/h2-7,10-11,16,21,25H,8-9,12-13H2,1H3/t16?,21?,22-/m1/s1. The van der Waals surface area contributed by atoms with E-state index in [-0.39, 0.29) is 30.1 Å². The summed E-state index contributed by atoms with van der Waals surface area (Å²) < 4.78 is 33.9. The van der Waals surface area contributed by atoms with Gasteiger partial charge in [-0.05, 0) is 67.2 Å². The van der Waals surface area contributed by atoms with E-state index in [1.165, 1.54) is 18.2 Å². The Hall–Kier alpha value is -2.04.